The Balaban J connectivity index is 2.79. The molecule has 0 radical (unpaired) electrons. The van der Waals surface area contributed by atoms with Crippen molar-refractivity contribution in [1.29, 1.82) is 0 Å². The summed E-state index contributed by atoms with van der Waals surface area (Å²) < 4.78 is 0. The van der Waals surface area contributed by atoms with Gasteiger partial charge in [-0.15, -0.1) is 11.3 Å². The zero-order valence-corrected chi connectivity index (χ0v) is 7.71. The third-order valence-corrected chi connectivity index (χ3v) is 2.05. The lowest BCUT2D eigenvalue weighted by Crippen LogP contribution is -2.02. The van der Waals surface area contributed by atoms with Crippen molar-refractivity contribution in [1.82, 2.24) is 0 Å². The number of nitrogens with zero attached hydrogens (tertiary/aromatic N) is 1. The maximum atomic E-state index is 10.5. The van der Waals surface area contributed by atoms with Crippen molar-refractivity contribution >= 4 is 29.3 Å². The summed E-state index contributed by atoms with van der Waals surface area (Å²) in [6, 6.07) is 3.51. The Morgan fingerprint density at radius 2 is 2.46 bits per heavy atom. The van der Waals surface area contributed by atoms with Crippen LogP contribution < -0.4 is 0 Å². The van der Waals surface area contributed by atoms with Gasteiger partial charge >= 0.3 is 5.97 Å². The lowest BCUT2D eigenvalue weighted by Gasteiger charge is -1.92. The molecule has 0 N–H and O–H groups in total. The van der Waals surface area contributed by atoms with E-state index in [1.54, 1.807) is 12.1 Å². The van der Waals surface area contributed by atoms with E-state index in [1.807, 2.05) is 5.38 Å². The van der Waals surface area contributed by atoms with Crippen molar-refractivity contribution in [2.45, 2.75) is 6.92 Å². The van der Waals surface area contributed by atoms with Crippen molar-refractivity contribution in [3.8, 4) is 0 Å². The Morgan fingerprint density at radius 1 is 1.69 bits per heavy atom. The number of carbonyl (C=O) groups is 2. The number of rotatable bonds is 3. The Kier molecular flexibility index (Phi) is 3.33. The molecule has 0 aliphatic heterocycles. The summed E-state index contributed by atoms with van der Waals surface area (Å²) >= 11 is 1.35. The summed E-state index contributed by atoms with van der Waals surface area (Å²) in [5, 5.41) is 5.20. The average molecular weight is 197 g/mol. The van der Waals surface area contributed by atoms with Gasteiger partial charge in [0.2, 0.25) is 0 Å². The van der Waals surface area contributed by atoms with Gasteiger partial charge in [-0.25, -0.2) is 4.79 Å². The van der Waals surface area contributed by atoms with Gasteiger partial charge in [-0.3, -0.25) is 4.79 Å². The van der Waals surface area contributed by atoms with Crippen LogP contribution in [0.25, 0.3) is 0 Å². The van der Waals surface area contributed by atoms with Crippen molar-refractivity contribution in [3.63, 3.8) is 0 Å². The van der Waals surface area contributed by atoms with Crippen molar-refractivity contribution in [3.05, 3.63) is 22.4 Å². The fourth-order valence-electron chi connectivity index (χ4n) is 0.662. The Bertz CT molecular complexity index is 329. The zero-order chi connectivity index (χ0) is 9.68. The van der Waals surface area contributed by atoms with Gasteiger partial charge < -0.3 is 4.84 Å². The summed E-state index contributed by atoms with van der Waals surface area (Å²) in [6.07, 6.45) is 0.550. The second-order valence-electron chi connectivity index (χ2n) is 2.15. The molecule has 0 amide bonds. The fraction of sp³-hybridized carbons (Fsp3) is 0.125. The van der Waals surface area contributed by atoms with Crippen LogP contribution in [0, 0.1) is 0 Å². The Hall–Kier alpha value is -1.49. The molecule has 0 aromatic carbocycles. The standard InChI is InChI=1S/C8H7NO3S/c1-6(11)12-9-7(5-10)8-3-2-4-13-8/h2-5H,1H3. The molecule has 0 fully saturated rings. The molecule has 0 saturated heterocycles. The third-order valence-electron chi connectivity index (χ3n) is 1.16. The molecule has 1 heterocycles. The van der Waals surface area contributed by atoms with E-state index in [0.29, 0.717) is 11.2 Å². The van der Waals surface area contributed by atoms with Crippen LogP contribution in [0.3, 0.4) is 0 Å². The number of hydrogen-bond donors (Lipinski definition) is 0. The highest BCUT2D eigenvalue weighted by Crippen LogP contribution is 2.09. The molecule has 1 aromatic rings. The highest BCUT2D eigenvalue weighted by Gasteiger charge is 2.04. The van der Waals surface area contributed by atoms with E-state index in [0.717, 1.165) is 0 Å². The molecule has 0 atom stereocenters. The molecular weight excluding hydrogens is 190 g/mol. The van der Waals surface area contributed by atoms with Crippen LogP contribution in [-0.4, -0.2) is 18.0 Å². The Morgan fingerprint density at radius 3 is 2.92 bits per heavy atom. The summed E-state index contributed by atoms with van der Waals surface area (Å²) in [5.41, 5.74) is 0.130. The van der Waals surface area contributed by atoms with Gasteiger partial charge in [0.05, 0.1) is 4.88 Å². The highest BCUT2D eigenvalue weighted by atomic mass is 32.1. The summed E-state index contributed by atoms with van der Waals surface area (Å²) in [4.78, 5) is 25.9. The first-order chi connectivity index (χ1) is 6.24. The topological polar surface area (TPSA) is 55.7 Å². The van der Waals surface area contributed by atoms with Gasteiger partial charge in [0.25, 0.3) is 0 Å². The monoisotopic (exact) mass is 197 g/mol. The molecular formula is C8H7NO3S. The molecule has 0 aliphatic rings. The number of hydrogen-bond acceptors (Lipinski definition) is 5. The smallest absolute Gasteiger partial charge is 0.318 e. The van der Waals surface area contributed by atoms with E-state index in [1.165, 1.54) is 18.3 Å². The summed E-state index contributed by atoms with van der Waals surface area (Å²) in [5.74, 6) is -0.545. The van der Waals surface area contributed by atoms with Crippen molar-refractivity contribution in [2.75, 3.05) is 0 Å². The van der Waals surface area contributed by atoms with Crippen LogP contribution >= 0.6 is 11.3 Å². The Labute approximate surface area is 78.8 Å². The number of oxime groups is 1. The molecule has 1 aromatic heterocycles. The number of thiophene rings is 1. The first-order valence-corrected chi connectivity index (χ1v) is 4.36. The van der Waals surface area contributed by atoms with E-state index in [2.05, 4.69) is 9.99 Å². The summed E-state index contributed by atoms with van der Waals surface area (Å²) in [6.45, 7) is 1.22. The highest BCUT2D eigenvalue weighted by molar-refractivity contribution is 7.12. The quantitative estimate of drug-likeness (QED) is 0.317. The van der Waals surface area contributed by atoms with Crippen LogP contribution in [0.2, 0.25) is 0 Å². The largest absolute Gasteiger partial charge is 0.332 e. The lowest BCUT2D eigenvalue weighted by molar-refractivity contribution is -0.140. The molecule has 0 saturated carbocycles. The van der Waals surface area contributed by atoms with Gasteiger partial charge in [0.1, 0.15) is 0 Å². The molecule has 4 nitrogen and oxygen atoms in total. The van der Waals surface area contributed by atoms with E-state index >= 15 is 0 Å². The summed E-state index contributed by atoms with van der Waals surface area (Å²) in [7, 11) is 0. The van der Waals surface area contributed by atoms with E-state index in [-0.39, 0.29) is 5.71 Å². The minimum Gasteiger partial charge on any atom is -0.318 e. The maximum Gasteiger partial charge on any atom is 0.332 e. The average Bonchev–Trinajstić information content (AvgIpc) is 2.58. The molecule has 5 heteroatoms. The number of carbonyl (C=O) groups excluding carboxylic acids is 2. The van der Waals surface area contributed by atoms with Crippen LogP contribution in [0.4, 0.5) is 0 Å². The van der Waals surface area contributed by atoms with E-state index in [4.69, 9.17) is 0 Å². The first-order valence-electron chi connectivity index (χ1n) is 3.48. The van der Waals surface area contributed by atoms with Gasteiger partial charge in [-0.05, 0) is 11.4 Å². The van der Waals surface area contributed by atoms with Crippen molar-refractivity contribution < 1.29 is 14.4 Å². The second-order valence-corrected chi connectivity index (χ2v) is 3.10. The molecule has 0 bridgehead atoms. The minimum atomic E-state index is -0.545. The maximum absolute atomic E-state index is 10.5. The zero-order valence-electron chi connectivity index (χ0n) is 6.89. The van der Waals surface area contributed by atoms with Crippen LogP contribution in [0.5, 0.6) is 0 Å². The van der Waals surface area contributed by atoms with Crippen LogP contribution in [0.1, 0.15) is 11.8 Å². The van der Waals surface area contributed by atoms with Gasteiger partial charge in [0, 0.05) is 6.92 Å². The fourth-order valence-corrected chi connectivity index (χ4v) is 1.33. The predicted molar refractivity (Wildman–Crippen MR) is 48.7 cm³/mol. The third kappa shape index (κ3) is 2.79. The van der Waals surface area contributed by atoms with Gasteiger partial charge in [-0.2, -0.15) is 0 Å². The molecule has 0 spiro atoms. The molecule has 13 heavy (non-hydrogen) atoms. The van der Waals surface area contributed by atoms with Gasteiger partial charge in [0.15, 0.2) is 12.0 Å². The van der Waals surface area contributed by atoms with Crippen LogP contribution in [-0.2, 0) is 14.4 Å². The SMILES string of the molecule is CC(=O)ON=C(C=O)c1cccs1. The molecule has 68 valence electrons. The normalized spacial score (nSPS) is 11.0. The molecule has 0 aliphatic carbocycles. The second kappa shape index (κ2) is 4.51. The lowest BCUT2D eigenvalue weighted by atomic mass is 10.3. The minimum absolute atomic E-state index is 0.130. The van der Waals surface area contributed by atoms with Gasteiger partial charge in [-0.1, -0.05) is 11.2 Å². The predicted octanol–water partition coefficient (Wildman–Crippen LogP) is 1.21. The van der Waals surface area contributed by atoms with Crippen molar-refractivity contribution in [2.24, 2.45) is 5.16 Å². The molecule has 1 rings (SSSR count). The number of aldehydes is 1. The van der Waals surface area contributed by atoms with Crippen LogP contribution in [0.15, 0.2) is 22.7 Å². The molecule has 0 unspecified atom stereocenters. The van der Waals surface area contributed by atoms with E-state index in [9.17, 15) is 9.59 Å². The van der Waals surface area contributed by atoms with E-state index < -0.39 is 5.97 Å². The first kappa shape index (κ1) is 9.60.